The molecular weight excluding hydrogens is 398 g/mol. The fourth-order valence-electron chi connectivity index (χ4n) is 3.40. The highest BCUT2D eigenvalue weighted by molar-refractivity contribution is 8.00. The molecule has 0 spiro atoms. The summed E-state index contributed by atoms with van der Waals surface area (Å²) >= 11 is 1.41. The highest BCUT2D eigenvalue weighted by Crippen LogP contribution is 2.26. The molecule has 6 heteroatoms. The number of nitrogens with zero attached hydrogens (tertiary/aromatic N) is 1. The molecule has 1 heterocycles. The zero-order valence-electron chi connectivity index (χ0n) is 16.5. The number of thioether (sulfide) groups is 1. The lowest BCUT2D eigenvalue weighted by Crippen LogP contribution is -2.44. The van der Waals surface area contributed by atoms with Crippen LogP contribution >= 0.6 is 11.8 Å². The number of rotatable bonds is 6. The molecule has 3 aromatic carbocycles. The second-order valence-electron chi connectivity index (χ2n) is 7.02. The van der Waals surface area contributed by atoms with Crippen molar-refractivity contribution in [1.29, 1.82) is 0 Å². The first-order valence-corrected chi connectivity index (χ1v) is 10.9. The van der Waals surface area contributed by atoms with Gasteiger partial charge in [-0.1, -0.05) is 60.7 Å². The minimum absolute atomic E-state index is 0.137. The highest BCUT2D eigenvalue weighted by Gasteiger charge is 2.30. The summed E-state index contributed by atoms with van der Waals surface area (Å²) in [5, 5.41) is 2.28. The van der Waals surface area contributed by atoms with E-state index < -0.39 is 12.1 Å². The Morgan fingerprint density at radius 1 is 0.933 bits per heavy atom. The van der Waals surface area contributed by atoms with Gasteiger partial charge in [0.05, 0.1) is 19.0 Å². The molecule has 0 N–H and O–H groups in total. The van der Waals surface area contributed by atoms with E-state index >= 15 is 0 Å². The lowest BCUT2D eigenvalue weighted by atomic mass is 10.1. The van der Waals surface area contributed by atoms with E-state index in [0.717, 1.165) is 15.7 Å². The molecule has 1 aliphatic rings. The third-order valence-electron chi connectivity index (χ3n) is 4.98. The van der Waals surface area contributed by atoms with Crippen molar-refractivity contribution in [3.8, 4) is 0 Å². The van der Waals surface area contributed by atoms with Crippen LogP contribution in [0.3, 0.4) is 0 Å². The average Bonchev–Trinajstić information content (AvgIpc) is 2.82. The standard InChI is InChI=1S/C24H23NO4S/c26-22(17-30-21-11-10-18-6-4-5-9-20(18)16-21)29-23(19-7-2-1-3-8-19)24(27)25-12-14-28-15-13-25/h1-11,16,23H,12-15,17H2/t23-/m1/s1. The van der Waals surface area contributed by atoms with Crippen molar-refractivity contribution >= 4 is 34.4 Å². The number of hydrogen-bond acceptors (Lipinski definition) is 5. The Morgan fingerprint density at radius 3 is 2.40 bits per heavy atom. The number of hydrogen-bond donors (Lipinski definition) is 0. The summed E-state index contributed by atoms with van der Waals surface area (Å²) in [4.78, 5) is 28.3. The van der Waals surface area contributed by atoms with Crippen molar-refractivity contribution in [2.45, 2.75) is 11.0 Å². The molecule has 3 aromatic rings. The monoisotopic (exact) mass is 421 g/mol. The van der Waals surface area contributed by atoms with E-state index in [9.17, 15) is 9.59 Å². The molecule has 1 saturated heterocycles. The van der Waals surface area contributed by atoms with Crippen LogP contribution in [0.2, 0.25) is 0 Å². The van der Waals surface area contributed by atoms with Crippen LogP contribution in [0.15, 0.2) is 77.7 Å². The SMILES string of the molecule is O=C(CSc1ccc2ccccc2c1)O[C@@H](C(=O)N1CCOCC1)c1ccccc1. The van der Waals surface area contributed by atoms with Gasteiger partial charge in [0.1, 0.15) is 0 Å². The van der Waals surface area contributed by atoms with Crippen LogP contribution in [-0.4, -0.2) is 48.8 Å². The van der Waals surface area contributed by atoms with Gasteiger partial charge in [-0.05, 0) is 22.9 Å². The highest BCUT2D eigenvalue weighted by atomic mass is 32.2. The molecule has 1 amide bonds. The van der Waals surface area contributed by atoms with Crippen LogP contribution in [-0.2, 0) is 19.1 Å². The van der Waals surface area contributed by atoms with Crippen molar-refractivity contribution in [3.63, 3.8) is 0 Å². The Hall–Kier alpha value is -2.83. The van der Waals surface area contributed by atoms with E-state index in [1.54, 1.807) is 4.90 Å². The fraction of sp³-hybridized carbons (Fsp3) is 0.250. The first kappa shape index (κ1) is 20.4. The number of benzene rings is 3. The maximum absolute atomic E-state index is 13.0. The molecule has 1 atom stereocenters. The number of esters is 1. The molecule has 0 aromatic heterocycles. The number of carbonyl (C=O) groups excluding carboxylic acids is 2. The Morgan fingerprint density at radius 2 is 1.63 bits per heavy atom. The van der Waals surface area contributed by atoms with Crippen molar-refractivity contribution in [1.82, 2.24) is 4.90 Å². The minimum Gasteiger partial charge on any atom is -0.447 e. The van der Waals surface area contributed by atoms with Gasteiger partial charge in [-0.15, -0.1) is 11.8 Å². The number of amides is 1. The smallest absolute Gasteiger partial charge is 0.317 e. The predicted molar refractivity (Wildman–Crippen MR) is 117 cm³/mol. The molecule has 5 nitrogen and oxygen atoms in total. The third-order valence-corrected chi connectivity index (χ3v) is 5.94. The van der Waals surface area contributed by atoms with Crippen LogP contribution in [0.4, 0.5) is 0 Å². The molecule has 4 rings (SSSR count). The van der Waals surface area contributed by atoms with Gasteiger partial charge in [0.2, 0.25) is 6.10 Å². The number of morpholine rings is 1. The normalized spacial score (nSPS) is 15.0. The summed E-state index contributed by atoms with van der Waals surface area (Å²) < 4.78 is 11.0. The average molecular weight is 422 g/mol. The van der Waals surface area contributed by atoms with E-state index in [-0.39, 0.29) is 11.7 Å². The Balaban J connectivity index is 1.43. The lowest BCUT2D eigenvalue weighted by Gasteiger charge is -2.30. The second-order valence-corrected chi connectivity index (χ2v) is 8.06. The topological polar surface area (TPSA) is 55.8 Å². The largest absolute Gasteiger partial charge is 0.447 e. The molecule has 0 bridgehead atoms. The summed E-state index contributed by atoms with van der Waals surface area (Å²) in [5.41, 5.74) is 0.679. The maximum Gasteiger partial charge on any atom is 0.317 e. The predicted octanol–water partition coefficient (Wildman–Crippen LogP) is 4.08. The number of carbonyl (C=O) groups is 2. The van der Waals surface area contributed by atoms with Gasteiger partial charge < -0.3 is 14.4 Å². The van der Waals surface area contributed by atoms with Crippen LogP contribution in [0.5, 0.6) is 0 Å². The van der Waals surface area contributed by atoms with Gasteiger partial charge in [0.25, 0.3) is 5.91 Å². The maximum atomic E-state index is 13.0. The quantitative estimate of drug-likeness (QED) is 0.444. The molecule has 1 fully saturated rings. The molecule has 1 aliphatic heterocycles. The first-order chi connectivity index (χ1) is 14.7. The molecule has 0 aliphatic carbocycles. The van der Waals surface area contributed by atoms with E-state index in [4.69, 9.17) is 9.47 Å². The molecule has 0 unspecified atom stereocenters. The minimum atomic E-state index is -0.936. The van der Waals surface area contributed by atoms with Crippen molar-refractivity contribution in [2.24, 2.45) is 0 Å². The fourth-order valence-corrected chi connectivity index (χ4v) is 4.13. The Labute approximate surface area is 180 Å². The van der Waals surface area contributed by atoms with Gasteiger partial charge in [-0.2, -0.15) is 0 Å². The van der Waals surface area contributed by atoms with Gasteiger partial charge in [-0.3, -0.25) is 9.59 Å². The number of ether oxygens (including phenoxy) is 2. The molecule has 0 saturated carbocycles. The summed E-state index contributed by atoms with van der Waals surface area (Å²) in [7, 11) is 0. The molecule has 30 heavy (non-hydrogen) atoms. The van der Waals surface area contributed by atoms with Crippen LogP contribution in [0, 0.1) is 0 Å². The van der Waals surface area contributed by atoms with E-state index in [1.807, 2.05) is 60.7 Å². The molecular formula is C24H23NO4S. The van der Waals surface area contributed by atoms with Gasteiger partial charge in [-0.25, -0.2) is 0 Å². The van der Waals surface area contributed by atoms with Gasteiger partial charge >= 0.3 is 5.97 Å². The zero-order chi connectivity index (χ0) is 20.8. The Kier molecular flexibility index (Phi) is 6.67. The van der Waals surface area contributed by atoms with E-state index in [2.05, 4.69) is 12.1 Å². The van der Waals surface area contributed by atoms with Crippen LogP contribution in [0.1, 0.15) is 11.7 Å². The third kappa shape index (κ3) is 5.01. The van der Waals surface area contributed by atoms with Crippen molar-refractivity contribution in [2.75, 3.05) is 32.1 Å². The zero-order valence-corrected chi connectivity index (χ0v) is 17.3. The second kappa shape index (κ2) is 9.78. The lowest BCUT2D eigenvalue weighted by molar-refractivity contribution is -0.160. The summed E-state index contributed by atoms with van der Waals surface area (Å²) in [6.07, 6.45) is -0.936. The van der Waals surface area contributed by atoms with Crippen molar-refractivity contribution < 1.29 is 19.1 Å². The van der Waals surface area contributed by atoms with Gasteiger partial charge in [0.15, 0.2) is 0 Å². The summed E-state index contributed by atoms with van der Waals surface area (Å²) in [5.74, 6) is -0.477. The van der Waals surface area contributed by atoms with Crippen LogP contribution < -0.4 is 0 Å². The number of fused-ring (bicyclic) bond motifs is 1. The van der Waals surface area contributed by atoms with Crippen LogP contribution in [0.25, 0.3) is 10.8 Å². The summed E-state index contributed by atoms with van der Waals surface area (Å²) in [6.45, 7) is 2.01. The van der Waals surface area contributed by atoms with E-state index in [1.165, 1.54) is 11.8 Å². The summed E-state index contributed by atoms with van der Waals surface area (Å²) in [6, 6.07) is 23.4. The molecule has 0 radical (unpaired) electrons. The van der Waals surface area contributed by atoms with E-state index in [0.29, 0.717) is 31.9 Å². The Bertz CT molecular complexity index is 1020. The first-order valence-electron chi connectivity index (χ1n) is 9.93. The van der Waals surface area contributed by atoms with Crippen molar-refractivity contribution in [3.05, 3.63) is 78.4 Å². The van der Waals surface area contributed by atoms with Gasteiger partial charge in [0, 0.05) is 23.5 Å². The molecule has 154 valence electrons.